The molecule has 1 aliphatic heterocycles. The van der Waals surface area contributed by atoms with Crippen molar-refractivity contribution in [2.24, 2.45) is 5.92 Å². The fraction of sp³-hybridized carbons (Fsp3) is 1.00. The predicted molar refractivity (Wildman–Crippen MR) is 68.7 cm³/mol. The summed E-state index contributed by atoms with van der Waals surface area (Å²) in [4.78, 5) is 0. The molecule has 0 aromatic carbocycles. The summed E-state index contributed by atoms with van der Waals surface area (Å²) in [5.41, 5.74) is 0. The van der Waals surface area contributed by atoms with Crippen LogP contribution < -0.4 is 10.6 Å². The van der Waals surface area contributed by atoms with Gasteiger partial charge in [-0.25, -0.2) is 0 Å². The highest BCUT2D eigenvalue weighted by Crippen LogP contribution is 2.09. The lowest BCUT2D eigenvalue weighted by molar-refractivity contribution is 0.0704. The number of hydrogen-bond acceptors (Lipinski definition) is 3. The van der Waals surface area contributed by atoms with Crippen LogP contribution in [0.15, 0.2) is 0 Å². The Hall–Kier alpha value is -0.120. The van der Waals surface area contributed by atoms with Crippen LogP contribution in [-0.4, -0.2) is 37.9 Å². The molecule has 1 saturated heterocycles. The van der Waals surface area contributed by atoms with Crippen molar-refractivity contribution in [1.29, 1.82) is 0 Å². The van der Waals surface area contributed by atoms with E-state index in [2.05, 4.69) is 38.3 Å². The van der Waals surface area contributed by atoms with E-state index < -0.39 is 0 Å². The van der Waals surface area contributed by atoms with Gasteiger partial charge >= 0.3 is 0 Å². The van der Waals surface area contributed by atoms with Crippen LogP contribution in [0.2, 0.25) is 0 Å². The molecule has 1 fully saturated rings. The molecule has 3 nitrogen and oxygen atoms in total. The van der Waals surface area contributed by atoms with Crippen molar-refractivity contribution >= 4 is 0 Å². The van der Waals surface area contributed by atoms with E-state index in [1.807, 2.05) is 0 Å². The SMILES string of the molecule is CCC(NC(C)CC1COCCN1)C(C)C. The van der Waals surface area contributed by atoms with Crippen LogP contribution in [-0.2, 0) is 4.74 Å². The van der Waals surface area contributed by atoms with E-state index in [1.165, 1.54) is 6.42 Å². The summed E-state index contributed by atoms with van der Waals surface area (Å²) in [5.74, 6) is 0.711. The molecule has 3 unspecified atom stereocenters. The summed E-state index contributed by atoms with van der Waals surface area (Å²) in [6.45, 7) is 11.8. The molecule has 3 atom stereocenters. The van der Waals surface area contributed by atoms with Crippen molar-refractivity contribution in [1.82, 2.24) is 10.6 Å². The van der Waals surface area contributed by atoms with Crippen molar-refractivity contribution < 1.29 is 4.74 Å². The van der Waals surface area contributed by atoms with Crippen LogP contribution in [0.3, 0.4) is 0 Å². The molecule has 2 N–H and O–H groups in total. The molecule has 1 heterocycles. The second-order valence-corrected chi connectivity index (χ2v) is 5.29. The number of morpholine rings is 1. The lowest BCUT2D eigenvalue weighted by atomic mass is 9.99. The van der Waals surface area contributed by atoms with Gasteiger partial charge in [-0.15, -0.1) is 0 Å². The molecule has 0 amide bonds. The lowest BCUT2D eigenvalue weighted by Crippen LogP contribution is -2.47. The van der Waals surface area contributed by atoms with E-state index in [1.54, 1.807) is 0 Å². The molecule has 0 aromatic rings. The van der Waals surface area contributed by atoms with Gasteiger partial charge in [0.25, 0.3) is 0 Å². The summed E-state index contributed by atoms with van der Waals surface area (Å²) in [7, 11) is 0. The quantitative estimate of drug-likeness (QED) is 0.727. The topological polar surface area (TPSA) is 33.3 Å². The zero-order valence-electron chi connectivity index (χ0n) is 11.3. The minimum Gasteiger partial charge on any atom is -0.379 e. The lowest BCUT2D eigenvalue weighted by Gasteiger charge is -2.30. The average Bonchev–Trinajstić information content (AvgIpc) is 2.27. The monoisotopic (exact) mass is 228 g/mol. The van der Waals surface area contributed by atoms with Gasteiger partial charge < -0.3 is 15.4 Å². The Labute approximate surface area is 100 Å². The Morgan fingerprint density at radius 2 is 2.12 bits per heavy atom. The molecule has 0 saturated carbocycles. The summed E-state index contributed by atoms with van der Waals surface area (Å²) in [5, 5.41) is 7.22. The highest BCUT2D eigenvalue weighted by molar-refractivity contribution is 4.79. The molecular formula is C13H28N2O. The molecule has 0 radical (unpaired) electrons. The Balaban J connectivity index is 2.25. The standard InChI is InChI=1S/C13H28N2O/c1-5-13(10(2)3)15-11(4)8-12-9-16-7-6-14-12/h10-15H,5-9H2,1-4H3. The first-order valence-corrected chi connectivity index (χ1v) is 6.70. The second kappa shape index (κ2) is 7.25. The molecule has 0 bridgehead atoms. The molecule has 0 spiro atoms. The number of nitrogens with one attached hydrogen (secondary N) is 2. The molecule has 0 aliphatic carbocycles. The highest BCUT2D eigenvalue weighted by atomic mass is 16.5. The van der Waals surface area contributed by atoms with Gasteiger partial charge in [0, 0.05) is 24.7 Å². The minimum atomic E-state index is 0.529. The third-order valence-electron chi connectivity index (χ3n) is 3.38. The largest absolute Gasteiger partial charge is 0.379 e. The first-order chi connectivity index (χ1) is 7.63. The molecule has 0 aromatic heterocycles. The fourth-order valence-corrected chi connectivity index (χ4v) is 2.41. The van der Waals surface area contributed by atoms with Gasteiger partial charge in [0.1, 0.15) is 0 Å². The average molecular weight is 228 g/mol. The van der Waals surface area contributed by atoms with E-state index in [0.29, 0.717) is 24.0 Å². The third-order valence-corrected chi connectivity index (χ3v) is 3.38. The van der Waals surface area contributed by atoms with Crippen LogP contribution in [0.5, 0.6) is 0 Å². The minimum absolute atomic E-state index is 0.529. The highest BCUT2D eigenvalue weighted by Gasteiger charge is 2.19. The van der Waals surface area contributed by atoms with Gasteiger partial charge in [-0.05, 0) is 25.7 Å². The first-order valence-electron chi connectivity index (χ1n) is 6.70. The maximum absolute atomic E-state index is 5.47. The maximum atomic E-state index is 5.47. The van der Waals surface area contributed by atoms with E-state index in [0.717, 1.165) is 26.2 Å². The van der Waals surface area contributed by atoms with Crippen molar-refractivity contribution in [2.45, 2.75) is 58.7 Å². The van der Waals surface area contributed by atoms with Gasteiger partial charge in [0.05, 0.1) is 13.2 Å². The van der Waals surface area contributed by atoms with Crippen LogP contribution in [0.25, 0.3) is 0 Å². The molecular weight excluding hydrogens is 200 g/mol. The van der Waals surface area contributed by atoms with Crippen LogP contribution in [0.4, 0.5) is 0 Å². The summed E-state index contributed by atoms with van der Waals surface area (Å²) < 4.78 is 5.47. The van der Waals surface area contributed by atoms with Crippen molar-refractivity contribution in [3.05, 3.63) is 0 Å². The molecule has 1 rings (SSSR count). The zero-order chi connectivity index (χ0) is 12.0. The fourth-order valence-electron chi connectivity index (χ4n) is 2.41. The van der Waals surface area contributed by atoms with Crippen molar-refractivity contribution in [3.8, 4) is 0 Å². The van der Waals surface area contributed by atoms with E-state index >= 15 is 0 Å². The van der Waals surface area contributed by atoms with Crippen LogP contribution >= 0.6 is 0 Å². The van der Waals surface area contributed by atoms with Crippen molar-refractivity contribution in [3.63, 3.8) is 0 Å². The van der Waals surface area contributed by atoms with Gasteiger partial charge in [-0.2, -0.15) is 0 Å². The Kier molecular flexibility index (Phi) is 6.32. The Morgan fingerprint density at radius 1 is 1.38 bits per heavy atom. The first kappa shape index (κ1) is 13.9. The van der Waals surface area contributed by atoms with Gasteiger partial charge in [0.15, 0.2) is 0 Å². The molecule has 96 valence electrons. The number of rotatable bonds is 6. The van der Waals surface area contributed by atoms with E-state index in [9.17, 15) is 0 Å². The number of ether oxygens (including phenoxy) is 1. The van der Waals surface area contributed by atoms with Gasteiger partial charge in [-0.1, -0.05) is 20.8 Å². The van der Waals surface area contributed by atoms with Crippen LogP contribution in [0, 0.1) is 5.92 Å². The normalized spacial score (nSPS) is 25.7. The van der Waals surface area contributed by atoms with Gasteiger partial charge in [0.2, 0.25) is 0 Å². The third kappa shape index (κ3) is 4.81. The predicted octanol–water partition coefficient (Wildman–Crippen LogP) is 1.78. The molecule has 16 heavy (non-hydrogen) atoms. The second-order valence-electron chi connectivity index (χ2n) is 5.29. The molecule has 1 aliphatic rings. The maximum Gasteiger partial charge on any atom is 0.0620 e. The zero-order valence-corrected chi connectivity index (χ0v) is 11.3. The van der Waals surface area contributed by atoms with Gasteiger partial charge in [-0.3, -0.25) is 0 Å². The van der Waals surface area contributed by atoms with E-state index in [-0.39, 0.29) is 0 Å². The summed E-state index contributed by atoms with van der Waals surface area (Å²) in [6, 6.07) is 1.73. The summed E-state index contributed by atoms with van der Waals surface area (Å²) >= 11 is 0. The summed E-state index contributed by atoms with van der Waals surface area (Å²) in [6.07, 6.45) is 2.36. The Bertz CT molecular complexity index is 179. The Morgan fingerprint density at radius 3 is 2.62 bits per heavy atom. The molecule has 3 heteroatoms. The van der Waals surface area contributed by atoms with E-state index in [4.69, 9.17) is 4.74 Å². The number of hydrogen-bond donors (Lipinski definition) is 2. The van der Waals surface area contributed by atoms with Crippen LogP contribution in [0.1, 0.15) is 40.5 Å². The van der Waals surface area contributed by atoms with Crippen molar-refractivity contribution in [2.75, 3.05) is 19.8 Å². The smallest absolute Gasteiger partial charge is 0.0620 e.